The van der Waals surface area contributed by atoms with Crippen LogP contribution in [0.25, 0.3) is 0 Å². The molecule has 0 radical (unpaired) electrons. The number of nitrogens with one attached hydrogen (secondary N) is 2. The summed E-state index contributed by atoms with van der Waals surface area (Å²) in [5.41, 5.74) is 1.19. The predicted octanol–water partition coefficient (Wildman–Crippen LogP) is 2.40. The lowest BCUT2D eigenvalue weighted by molar-refractivity contribution is -0.906. The van der Waals surface area contributed by atoms with Crippen molar-refractivity contribution in [2.75, 3.05) is 24.8 Å². The topological polar surface area (TPSA) is 19.7 Å². The van der Waals surface area contributed by atoms with Gasteiger partial charge in [-0.05, 0) is 37.2 Å². The molecule has 1 aliphatic heterocycles. The Morgan fingerprint density at radius 1 is 1.29 bits per heavy atom. The minimum atomic E-state index is 0.825. The van der Waals surface area contributed by atoms with E-state index in [0.717, 1.165) is 24.4 Å². The Balaban J connectivity index is 1.95. The number of hydrogen-bond acceptors (Lipinski definition) is 1. The minimum absolute atomic E-state index is 0.825. The van der Waals surface area contributed by atoms with E-state index in [-0.39, 0.29) is 0 Å². The van der Waals surface area contributed by atoms with E-state index < -0.39 is 0 Å². The van der Waals surface area contributed by atoms with Crippen molar-refractivity contribution in [2.24, 2.45) is 5.92 Å². The van der Waals surface area contributed by atoms with Crippen LogP contribution in [0.5, 0.6) is 0 Å². The Morgan fingerprint density at radius 2 is 2.05 bits per heavy atom. The molecule has 1 aromatic carbocycles. The van der Waals surface area contributed by atoms with E-state index in [1.807, 2.05) is 6.07 Å². The van der Waals surface area contributed by atoms with E-state index in [0.29, 0.717) is 0 Å². The van der Waals surface area contributed by atoms with Crippen LogP contribution in [-0.4, -0.2) is 25.0 Å². The number of rotatable bonds is 7. The summed E-state index contributed by atoms with van der Waals surface area (Å²) in [5, 5.41) is 4.24. The van der Waals surface area contributed by atoms with Gasteiger partial charge in [0.2, 0.25) is 0 Å². The van der Waals surface area contributed by atoms with E-state index in [4.69, 9.17) is 12.2 Å². The van der Waals surface area contributed by atoms with Gasteiger partial charge in [0, 0.05) is 11.6 Å². The molecule has 0 bridgehead atoms. The van der Waals surface area contributed by atoms with Crippen LogP contribution in [0.1, 0.15) is 39.5 Å². The number of thiocarbonyl (C=S) groups is 1. The van der Waals surface area contributed by atoms with Gasteiger partial charge in [-0.1, -0.05) is 44.9 Å². The highest BCUT2D eigenvalue weighted by Crippen LogP contribution is 2.14. The van der Waals surface area contributed by atoms with Gasteiger partial charge < -0.3 is 10.2 Å². The van der Waals surface area contributed by atoms with Gasteiger partial charge in [0.05, 0.1) is 6.54 Å². The molecule has 0 aromatic heterocycles. The first kappa shape index (κ1) is 16.2. The second kappa shape index (κ2) is 8.35. The average Bonchev–Trinajstić information content (AvgIpc) is 2.53. The minimum Gasteiger partial charge on any atom is -0.315 e. The number of quaternary nitrogens is 1. The summed E-state index contributed by atoms with van der Waals surface area (Å²) in [6, 6.07) is 10.5. The van der Waals surface area contributed by atoms with E-state index in [2.05, 4.69) is 48.3 Å². The molecule has 1 fully saturated rings. The summed E-state index contributed by atoms with van der Waals surface area (Å²) in [6.07, 6.45) is 5.27. The molecule has 116 valence electrons. The molecule has 2 rings (SSSR count). The van der Waals surface area contributed by atoms with Crippen molar-refractivity contribution in [3.8, 4) is 0 Å². The van der Waals surface area contributed by atoms with Crippen LogP contribution in [0.4, 0.5) is 5.69 Å². The van der Waals surface area contributed by atoms with Gasteiger partial charge in [-0.3, -0.25) is 4.90 Å². The van der Waals surface area contributed by atoms with Crippen LogP contribution in [0.2, 0.25) is 0 Å². The fraction of sp³-hybridized carbons (Fsp3) is 0.588. The molecule has 2 N–H and O–H groups in total. The van der Waals surface area contributed by atoms with E-state index in [1.165, 1.54) is 37.9 Å². The van der Waals surface area contributed by atoms with Gasteiger partial charge in [-0.2, -0.15) is 0 Å². The molecule has 1 aromatic rings. The van der Waals surface area contributed by atoms with Crippen LogP contribution in [0.15, 0.2) is 30.3 Å². The van der Waals surface area contributed by atoms with Crippen molar-refractivity contribution in [1.29, 1.82) is 0 Å². The van der Waals surface area contributed by atoms with Crippen molar-refractivity contribution < 1.29 is 4.90 Å². The Kier molecular flexibility index (Phi) is 6.46. The van der Waals surface area contributed by atoms with Crippen molar-refractivity contribution >= 4 is 23.0 Å². The number of hydrogen-bond donors (Lipinski definition) is 2. The summed E-state index contributed by atoms with van der Waals surface area (Å²) < 4.78 is 0. The van der Waals surface area contributed by atoms with Crippen LogP contribution in [0.3, 0.4) is 0 Å². The Morgan fingerprint density at radius 3 is 2.71 bits per heavy atom. The first-order valence-corrected chi connectivity index (χ1v) is 8.59. The lowest BCUT2D eigenvalue weighted by atomic mass is 9.99. The smallest absolute Gasteiger partial charge is 0.182 e. The van der Waals surface area contributed by atoms with E-state index in [1.54, 1.807) is 4.90 Å². The third kappa shape index (κ3) is 4.68. The molecular formula is C17H28N3S+. The molecule has 0 amide bonds. The van der Waals surface area contributed by atoms with E-state index in [9.17, 15) is 0 Å². The lowest BCUT2D eigenvalue weighted by Gasteiger charge is -2.36. The Bertz CT molecular complexity index is 435. The summed E-state index contributed by atoms with van der Waals surface area (Å²) in [4.78, 5) is 3.80. The first-order valence-electron chi connectivity index (χ1n) is 8.18. The maximum Gasteiger partial charge on any atom is 0.182 e. The second-order valence-corrected chi connectivity index (χ2v) is 6.34. The van der Waals surface area contributed by atoms with Crippen molar-refractivity contribution in [3.05, 3.63) is 30.3 Å². The molecule has 4 heteroatoms. The first-order chi connectivity index (χ1) is 10.2. The van der Waals surface area contributed by atoms with Crippen LogP contribution >= 0.6 is 12.2 Å². The van der Waals surface area contributed by atoms with Crippen LogP contribution in [-0.2, 0) is 0 Å². The summed E-state index contributed by atoms with van der Waals surface area (Å²) in [5.74, 6) is 0.825. The number of benzene rings is 1. The third-order valence-corrected chi connectivity index (χ3v) is 4.67. The standard InChI is InChI=1S/C17H27N3S/c1-3-5-9-15(4-2)12-19-13-18-17(21)20(14-19)16-10-7-6-8-11-16/h6-8,10-11,15H,3-5,9,12-14H2,1-2H3,(H,18,21)/p+1/t15-/m1/s1. The highest BCUT2D eigenvalue weighted by Gasteiger charge is 2.26. The zero-order chi connectivity index (χ0) is 15.1. The van der Waals surface area contributed by atoms with Crippen LogP contribution in [0, 0.1) is 5.92 Å². The highest BCUT2D eigenvalue weighted by molar-refractivity contribution is 7.80. The molecule has 21 heavy (non-hydrogen) atoms. The Hall–Kier alpha value is -1.13. The lowest BCUT2D eigenvalue weighted by Crippen LogP contribution is -3.17. The monoisotopic (exact) mass is 306 g/mol. The second-order valence-electron chi connectivity index (χ2n) is 5.95. The quantitative estimate of drug-likeness (QED) is 0.755. The maximum absolute atomic E-state index is 5.48. The van der Waals surface area contributed by atoms with Gasteiger partial charge in [0.1, 0.15) is 0 Å². The van der Waals surface area contributed by atoms with Gasteiger partial charge in [-0.15, -0.1) is 0 Å². The molecule has 1 saturated heterocycles. The summed E-state index contributed by atoms with van der Waals surface area (Å²) >= 11 is 5.48. The normalized spacial score (nSPS) is 20.2. The van der Waals surface area contributed by atoms with Gasteiger partial charge in [-0.25, -0.2) is 0 Å². The number of unbranched alkanes of at least 4 members (excludes halogenated alkanes) is 1. The van der Waals surface area contributed by atoms with Crippen molar-refractivity contribution in [3.63, 3.8) is 0 Å². The van der Waals surface area contributed by atoms with Gasteiger partial charge >= 0.3 is 0 Å². The molecule has 2 atom stereocenters. The molecule has 1 aliphatic rings. The highest BCUT2D eigenvalue weighted by atomic mass is 32.1. The van der Waals surface area contributed by atoms with Crippen molar-refractivity contribution in [2.45, 2.75) is 39.5 Å². The summed E-state index contributed by atoms with van der Waals surface area (Å²) in [7, 11) is 0. The zero-order valence-corrected chi connectivity index (χ0v) is 14.1. The molecule has 0 spiro atoms. The molecule has 1 heterocycles. The maximum atomic E-state index is 5.48. The molecule has 3 nitrogen and oxygen atoms in total. The SMILES string of the molecule is CCCC[C@@H](CC)C[NH+]1CNC(=S)N(c2ccccc2)C1. The Labute approximate surface area is 134 Å². The molecule has 1 unspecified atom stereocenters. The van der Waals surface area contributed by atoms with Crippen LogP contribution < -0.4 is 15.1 Å². The fourth-order valence-electron chi connectivity index (χ4n) is 2.95. The third-order valence-electron chi connectivity index (χ3n) is 4.30. The molecule has 0 aliphatic carbocycles. The fourth-order valence-corrected chi connectivity index (χ4v) is 3.19. The number of para-hydroxylation sites is 1. The number of anilines is 1. The van der Waals surface area contributed by atoms with Crippen molar-refractivity contribution in [1.82, 2.24) is 5.32 Å². The molecular weight excluding hydrogens is 278 g/mol. The molecule has 0 saturated carbocycles. The van der Waals surface area contributed by atoms with E-state index >= 15 is 0 Å². The average molecular weight is 306 g/mol. The van der Waals surface area contributed by atoms with Gasteiger partial charge in [0.25, 0.3) is 0 Å². The largest absolute Gasteiger partial charge is 0.315 e. The zero-order valence-electron chi connectivity index (χ0n) is 13.3. The number of nitrogens with zero attached hydrogens (tertiary/aromatic N) is 1. The van der Waals surface area contributed by atoms with Gasteiger partial charge in [0.15, 0.2) is 18.4 Å². The predicted molar refractivity (Wildman–Crippen MR) is 93.5 cm³/mol. The summed E-state index contributed by atoms with van der Waals surface area (Å²) in [6.45, 7) is 7.74.